The first-order valence-corrected chi connectivity index (χ1v) is 9.56. The summed E-state index contributed by atoms with van der Waals surface area (Å²) < 4.78 is 5.83. The minimum atomic E-state index is 0.0119. The first-order valence-electron chi connectivity index (χ1n) is 9.56. The Hall–Kier alpha value is -2.33. The number of nitrogens with one attached hydrogen (secondary N) is 1. The molecule has 4 nitrogen and oxygen atoms in total. The lowest BCUT2D eigenvalue weighted by Gasteiger charge is -2.32. The second-order valence-corrected chi connectivity index (χ2v) is 7.23. The van der Waals surface area contributed by atoms with Crippen molar-refractivity contribution in [3.63, 3.8) is 0 Å². The summed E-state index contributed by atoms with van der Waals surface area (Å²) >= 11 is 0. The molecule has 2 heterocycles. The predicted octanol–water partition coefficient (Wildman–Crippen LogP) is 4.04. The molecule has 1 N–H and O–H groups in total. The van der Waals surface area contributed by atoms with E-state index in [4.69, 9.17) is 4.74 Å². The summed E-state index contributed by atoms with van der Waals surface area (Å²) in [6.45, 7) is 4.57. The molecule has 2 aromatic carbocycles. The normalized spacial score (nSPS) is 19.7. The van der Waals surface area contributed by atoms with Crippen molar-refractivity contribution >= 4 is 11.6 Å². The van der Waals surface area contributed by atoms with Gasteiger partial charge in [-0.05, 0) is 55.5 Å². The Kier molecular flexibility index (Phi) is 4.93. The molecule has 0 radical (unpaired) electrons. The van der Waals surface area contributed by atoms with Crippen LogP contribution in [-0.2, 0) is 11.2 Å². The van der Waals surface area contributed by atoms with Gasteiger partial charge in [0.05, 0.1) is 12.1 Å². The van der Waals surface area contributed by atoms with Crippen LogP contribution in [0.5, 0.6) is 0 Å². The Balaban J connectivity index is 1.61. The van der Waals surface area contributed by atoms with E-state index in [-0.39, 0.29) is 18.1 Å². The van der Waals surface area contributed by atoms with Crippen LogP contribution in [0.15, 0.2) is 48.5 Å². The van der Waals surface area contributed by atoms with E-state index in [1.165, 1.54) is 16.8 Å². The average Bonchev–Trinajstić information content (AvgIpc) is 3.36. The Labute approximate surface area is 155 Å². The fraction of sp³-hybridized carbons (Fsp3) is 0.409. The Bertz CT molecular complexity index is 769. The van der Waals surface area contributed by atoms with Gasteiger partial charge in [0.25, 0.3) is 5.91 Å². The third-order valence-electron chi connectivity index (χ3n) is 5.49. The van der Waals surface area contributed by atoms with Gasteiger partial charge in [0.2, 0.25) is 0 Å². The summed E-state index contributed by atoms with van der Waals surface area (Å²) in [5.74, 6) is 0.0761. The van der Waals surface area contributed by atoms with E-state index in [1.54, 1.807) is 0 Å². The zero-order valence-corrected chi connectivity index (χ0v) is 15.3. The number of hydrogen-bond acceptors (Lipinski definition) is 3. The second kappa shape index (κ2) is 7.50. The molecule has 1 fully saturated rings. The number of carbonyl (C=O) groups excluding carboxylic acids is 1. The van der Waals surface area contributed by atoms with Crippen LogP contribution in [0.4, 0.5) is 5.69 Å². The smallest absolute Gasteiger partial charge is 0.254 e. The van der Waals surface area contributed by atoms with Crippen LogP contribution >= 0.6 is 0 Å². The number of fused-ring (bicyclic) bond motifs is 1. The van der Waals surface area contributed by atoms with Gasteiger partial charge in [-0.1, -0.05) is 30.3 Å². The van der Waals surface area contributed by atoms with Gasteiger partial charge in [-0.15, -0.1) is 0 Å². The quantitative estimate of drug-likeness (QED) is 0.885. The fourth-order valence-electron chi connectivity index (χ4n) is 3.94. The van der Waals surface area contributed by atoms with Crippen LogP contribution in [0, 0.1) is 0 Å². The number of nitrogens with zero attached hydrogens (tertiary/aromatic N) is 1. The third-order valence-corrected chi connectivity index (χ3v) is 5.49. The molecule has 2 aliphatic rings. The number of ether oxygens (including phenoxy) is 1. The third kappa shape index (κ3) is 3.47. The molecule has 2 aliphatic heterocycles. The molecule has 2 atom stereocenters. The highest BCUT2D eigenvalue weighted by Gasteiger charge is 2.28. The number of benzene rings is 2. The summed E-state index contributed by atoms with van der Waals surface area (Å²) in [5, 5.41) is 3.40. The van der Waals surface area contributed by atoms with E-state index in [0.717, 1.165) is 38.0 Å². The predicted molar refractivity (Wildman–Crippen MR) is 104 cm³/mol. The van der Waals surface area contributed by atoms with E-state index in [1.807, 2.05) is 35.2 Å². The van der Waals surface area contributed by atoms with Crippen molar-refractivity contribution in [2.75, 3.05) is 25.0 Å². The molecule has 4 heteroatoms. The number of carbonyl (C=O) groups is 1. The largest absolute Gasteiger partial charge is 0.384 e. The van der Waals surface area contributed by atoms with Gasteiger partial charge in [-0.25, -0.2) is 0 Å². The fourth-order valence-corrected chi connectivity index (χ4v) is 3.94. The van der Waals surface area contributed by atoms with Gasteiger partial charge >= 0.3 is 0 Å². The summed E-state index contributed by atoms with van der Waals surface area (Å²) in [6, 6.07) is 16.1. The average molecular weight is 350 g/mol. The van der Waals surface area contributed by atoms with Gasteiger partial charge in [0, 0.05) is 30.9 Å². The Morgan fingerprint density at radius 1 is 1.27 bits per heavy atom. The molecule has 0 aliphatic carbocycles. The van der Waals surface area contributed by atoms with E-state index in [2.05, 4.69) is 30.4 Å². The zero-order valence-electron chi connectivity index (χ0n) is 15.3. The lowest BCUT2D eigenvalue weighted by Crippen LogP contribution is -2.39. The molecule has 4 rings (SSSR count). The van der Waals surface area contributed by atoms with Crippen molar-refractivity contribution < 1.29 is 9.53 Å². The van der Waals surface area contributed by atoms with E-state index in [0.29, 0.717) is 6.54 Å². The minimum Gasteiger partial charge on any atom is -0.384 e. The molecular weight excluding hydrogens is 324 g/mol. The maximum absolute atomic E-state index is 13.2. The molecule has 0 aromatic heterocycles. The van der Waals surface area contributed by atoms with Gasteiger partial charge in [0.15, 0.2) is 0 Å². The van der Waals surface area contributed by atoms with Gasteiger partial charge < -0.3 is 15.0 Å². The SMILES string of the molecule is CC(c1ccc2c(c1)CCN2)N(CC1CCCO1)C(=O)c1ccccc1. The van der Waals surface area contributed by atoms with Crippen LogP contribution in [-0.4, -0.2) is 36.6 Å². The highest BCUT2D eigenvalue weighted by Crippen LogP contribution is 2.30. The molecule has 2 aromatic rings. The second-order valence-electron chi connectivity index (χ2n) is 7.23. The number of hydrogen-bond donors (Lipinski definition) is 1. The maximum Gasteiger partial charge on any atom is 0.254 e. The molecule has 1 saturated heterocycles. The van der Waals surface area contributed by atoms with Crippen LogP contribution in [0.3, 0.4) is 0 Å². The van der Waals surface area contributed by atoms with Crippen LogP contribution in [0.2, 0.25) is 0 Å². The van der Waals surface area contributed by atoms with Crippen molar-refractivity contribution in [1.82, 2.24) is 4.90 Å². The number of anilines is 1. The maximum atomic E-state index is 13.2. The molecule has 136 valence electrons. The van der Waals surface area contributed by atoms with E-state index < -0.39 is 0 Å². The summed E-state index contributed by atoms with van der Waals surface area (Å²) in [6.07, 6.45) is 3.30. The molecule has 0 bridgehead atoms. The van der Waals surface area contributed by atoms with Gasteiger partial charge in [0.1, 0.15) is 0 Å². The standard InChI is InChI=1S/C22H26N2O2/c1-16(18-9-10-21-19(14-18)11-12-23-21)24(15-20-8-5-13-26-20)22(25)17-6-3-2-4-7-17/h2-4,6-7,9-10,14,16,20,23H,5,8,11-13,15H2,1H3. The highest BCUT2D eigenvalue weighted by atomic mass is 16.5. The monoisotopic (exact) mass is 350 g/mol. The molecule has 0 saturated carbocycles. The topological polar surface area (TPSA) is 41.6 Å². The Morgan fingerprint density at radius 3 is 2.88 bits per heavy atom. The van der Waals surface area contributed by atoms with Crippen LogP contribution in [0.25, 0.3) is 0 Å². The summed E-state index contributed by atoms with van der Waals surface area (Å²) in [7, 11) is 0. The number of rotatable bonds is 5. The molecular formula is C22H26N2O2. The first kappa shape index (κ1) is 17.1. The van der Waals surface area contributed by atoms with Gasteiger partial charge in [-0.2, -0.15) is 0 Å². The minimum absolute atomic E-state index is 0.0119. The van der Waals surface area contributed by atoms with Crippen molar-refractivity contribution in [3.05, 3.63) is 65.2 Å². The lowest BCUT2D eigenvalue weighted by molar-refractivity contribution is 0.0432. The zero-order chi connectivity index (χ0) is 17.9. The van der Waals surface area contributed by atoms with Crippen molar-refractivity contribution in [2.45, 2.75) is 38.3 Å². The van der Waals surface area contributed by atoms with Crippen molar-refractivity contribution in [3.8, 4) is 0 Å². The molecule has 1 amide bonds. The van der Waals surface area contributed by atoms with Crippen LogP contribution in [0.1, 0.15) is 47.3 Å². The summed E-state index contributed by atoms with van der Waals surface area (Å²) in [5.41, 5.74) is 4.49. The van der Waals surface area contributed by atoms with Gasteiger partial charge in [-0.3, -0.25) is 4.79 Å². The van der Waals surface area contributed by atoms with Crippen molar-refractivity contribution in [2.24, 2.45) is 0 Å². The van der Waals surface area contributed by atoms with E-state index in [9.17, 15) is 4.79 Å². The van der Waals surface area contributed by atoms with Crippen LogP contribution < -0.4 is 5.32 Å². The molecule has 0 spiro atoms. The van der Waals surface area contributed by atoms with Crippen molar-refractivity contribution in [1.29, 1.82) is 0 Å². The first-order chi connectivity index (χ1) is 12.7. The summed E-state index contributed by atoms with van der Waals surface area (Å²) in [4.78, 5) is 15.2. The highest BCUT2D eigenvalue weighted by molar-refractivity contribution is 5.94. The molecule has 26 heavy (non-hydrogen) atoms. The lowest BCUT2D eigenvalue weighted by atomic mass is 10.0. The molecule has 2 unspecified atom stereocenters. The van der Waals surface area contributed by atoms with E-state index >= 15 is 0 Å². The Morgan fingerprint density at radius 2 is 2.12 bits per heavy atom. The number of amides is 1.